The largest absolute Gasteiger partial charge is 0.481 e. The van der Waals surface area contributed by atoms with Gasteiger partial charge in [-0.25, -0.2) is 13.5 Å². The lowest BCUT2D eigenvalue weighted by atomic mass is 10.1. The highest BCUT2D eigenvalue weighted by molar-refractivity contribution is 5.69. The fourth-order valence-electron chi connectivity index (χ4n) is 1.69. The van der Waals surface area contributed by atoms with Crippen molar-refractivity contribution in [1.29, 1.82) is 0 Å². The zero-order valence-electron chi connectivity index (χ0n) is 10.8. The number of hydrogen-bond acceptors (Lipinski definition) is 4. The molecule has 1 atom stereocenters. The van der Waals surface area contributed by atoms with Crippen molar-refractivity contribution in [3.8, 4) is 11.4 Å². The number of hydrogen-bond donors (Lipinski definition) is 1. The number of aryl methyl sites for hydroxylation is 1. The Morgan fingerprint density at radius 2 is 2.10 bits per heavy atom. The van der Waals surface area contributed by atoms with Gasteiger partial charge in [-0.2, -0.15) is 0 Å². The molecule has 6 nitrogen and oxygen atoms in total. The average Bonchev–Trinajstić information content (AvgIpc) is 2.81. The van der Waals surface area contributed by atoms with E-state index in [0.29, 0.717) is 0 Å². The van der Waals surface area contributed by atoms with Crippen LogP contribution in [0.3, 0.4) is 0 Å². The maximum Gasteiger partial charge on any atom is 0.308 e. The number of halogens is 2. The van der Waals surface area contributed by atoms with Crippen LogP contribution in [0.15, 0.2) is 12.1 Å². The number of carboxylic acid groups (broad SMARTS) is 1. The van der Waals surface area contributed by atoms with Crippen LogP contribution in [0.5, 0.6) is 0 Å². The van der Waals surface area contributed by atoms with Crippen molar-refractivity contribution in [3.05, 3.63) is 29.3 Å². The van der Waals surface area contributed by atoms with E-state index in [9.17, 15) is 13.6 Å². The van der Waals surface area contributed by atoms with Gasteiger partial charge in [-0.1, -0.05) is 6.92 Å². The van der Waals surface area contributed by atoms with Gasteiger partial charge in [0.25, 0.3) is 0 Å². The first-order valence-corrected chi connectivity index (χ1v) is 5.85. The summed E-state index contributed by atoms with van der Waals surface area (Å²) >= 11 is 0. The van der Waals surface area contributed by atoms with Crippen molar-refractivity contribution < 1.29 is 18.7 Å². The summed E-state index contributed by atoms with van der Waals surface area (Å²) < 4.78 is 28.2. The lowest BCUT2D eigenvalue weighted by molar-refractivity contribution is -0.141. The molecule has 0 aliphatic rings. The maximum atomic E-state index is 13.8. The molecule has 1 N–H and O–H groups in total. The Kier molecular flexibility index (Phi) is 3.73. The molecule has 0 saturated carbocycles. The van der Waals surface area contributed by atoms with E-state index >= 15 is 0 Å². The second kappa shape index (κ2) is 5.32. The highest BCUT2D eigenvalue weighted by Gasteiger charge is 2.19. The van der Waals surface area contributed by atoms with Crippen molar-refractivity contribution in [2.45, 2.75) is 20.4 Å². The maximum absolute atomic E-state index is 13.8. The predicted octanol–water partition coefficient (Wildman–Crippen LogP) is 1.65. The lowest BCUT2D eigenvalue weighted by Crippen LogP contribution is -2.18. The van der Waals surface area contributed by atoms with Gasteiger partial charge in [-0.15, -0.1) is 5.10 Å². The Bertz CT molecular complexity index is 657. The summed E-state index contributed by atoms with van der Waals surface area (Å²) in [6, 6.07) is 2.04. The third-order valence-electron chi connectivity index (χ3n) is 2.89. The molecule has 0 saturated heterocycles. The molecule has 0 fully saturated rings. The molecule has 1 aromatic carbocycles. The summed E-state index contributed by atoms with van der Waals surface area (Å²) in [7, 11) is 0. The van der Waals surface area contributed by atoms with Gasteiger partial charge in [0.15, 0.2) is 5.82 Å². The Balaban J connectivity index is 2.42. The quantitative estimate of drug-likeness (QED) is 0.922. The van der Waals surface area contributed by atoms with Crippen molar-refractivity contribution in [3.63, 3.8) is 0 Å². The molecule has 0 amide bonds. The number of benzene rings is 1. The molecule has 2 rings (SSSR count). The molecule has 2 aromatic rings. The van der Waals surface area contributed by atoms with Gasteiger partial charge in [0.2, 0.25) is 0 Å². The molecular weight excluding hydrogens is 270 g/mol. The van der Waals surface area contributed by atoms with Crippen LogP contribution < -0.4 is 0 Å². The molecule has 0 aliphatic heterocycles. The van der Waals surface area contributed by atoms with Crippen LogP contribution in [-0.2, 0) is 11.3 Å². The van der Waals surface area contributed by atoms with E-state index in [2.05, 4.69) is 15.5 Å². The van der Waals surface area contributed by atoms with Gasteiger partial charge in [-0.3, -0.25) is 4.79 Å². The summed E-state index contributed by atoms with van der Waals surface area (Å²) in [5.41, 5.74) is 0.286. The zero-order chi connectivity index (χ0) is 14.9. The minimum absolute atomic E-state index is 0.00642. The summed E-state index contributed by atoms with van der Waals surface area (Å²) in [5.74, 6) is -3.14. The van der Waals surface area contributed by atoms with Crippen LogP contribution in [-0.4, -0.2) is 31.3 Å². The van der Waals surface area contributed by atoms with E-state index in [1.807, 2.05) is 0 Å². The number of carboxylic acids is 1. The van der Waals surface area contributed by atoms with Crippen molar-refractivity contribution in [2.24, 2.45) is 5.92 Å². The second-order valence-corrected chi connectivity index (χ2v) is 4.51. The second-order valence-electron chi connectivity index (χ2n) is 4.51. The summed E-state index contributed by atoms with van der Waals surface area (Å²) in [4.78, 5) is 10.8. The van der Waals surface area contributed by atoms with E-state index < -0.39 is 23.5 Å². The SMILES string of the molecule is Cc1cc(-c2nnnn2CC(C)C(=O)O)c(F)cc1F. The third kappa shape index (κ3) is 2.63. The zero-order valence-corrected chi connectivity index (χ0v) is 10.8. The highest BCUT2D eigenvalue weighted by atomic mass is 19.1. The minimum Gasteiger partial charge on any atom is -0.481 e. The van der Waals surface area contributed by atoms with Gasteiger partial charge in [-0.05, 0) is 29.0 Å². The van der Waals surface area contributed by atoms with Crippen LogP contribution in [0.25, 0.3) is 11.4 Å². The van der Waals surface area contributed by atoms with E-state index in [0.717, 1.165) is 6.07 Å². The lowest BCUT2D eigenvalue weighted by Gasteiger charge is -2.09. The van der Waals surface area contributed by atoms with E-state index in [1.165, 1.54) is 24.6 Å². The number of aliphatic carboxylic acids is 1. The molecule has 0 aliphatic carbocycles. The predicted molar refractivity (Wildman–Crippen MR) is 64.7 cm³/mol. The van der Waals surface area contributed by atoms with Crippen LogP contribution in [0.1, 0.15) is 12.5 Å². The molecule has 1 heterocycles. The minimum atomic E-state index is -1.01. The van der Waals surface area contributed by atoms with Gasteiger partial charge in [0.1, 0.15) is 11.6 Å². The van der Waals surface area contributed by atoms with Gasteiger partial charge in [0.05, 0.1) is 18.0 Å². The van der Waals surface area contributed by atoms with Crippen LogP contribution in [0.4, 0.5) is 8.78 Å². The summed E-state index contributed by atoms with van der Waals surface area (Å²) in [6.45, 7) is 2.97. The average molecular weight is 282 g/mol. The molecule has 0 bridgehead atoms. The normalized spacial score (nSPS) is 12.4. The molecule has 1 aromatic heterocycles. The molecule has 106 valence electrons. The first-order valence-electron chi connectivity index (χ1n) is 5.85. The Morgan fingerprint density at radius 1 is 1.40 bits per heavy atom. The summed E-state index contributed by atoms with van der Waals surface area (Å²) in [5, 5.41) is 19.6. The molecule has 0 radical (unpaired) electrons. The first kappa shape index (κ1) is 14.0. The molecule has 0 spiro atoms. The number of nitrogens with zero attached hydrogens (tertiary/aromatic N) is 4. The van der Waals surface area contributed by atoms with E-state index in [4.69, 9.17) is 5.11 Å². The van der Waals surface area contributed by atoms with Gasteiger partial charge in [0, 0.05) is 6.07 Å². The molecule has 1 unspecified atom stereocenters. The van der Waals surface area contributed by atoms with Crippen molar-refractivity contribution in [2.75, 3.05) is 0 Å². The standard InChI is InChI=1S/C12H12F2N4O2/c1-6-3-8(10(14)4-9(6)13)11-15-16-17-18(11)5-7(2)12(19)20/h3-4,7H,5H2,1-2H3,(H,19,20). The molecular formula is C12H12F2N4O2. The van der Waals surface area contributed by atoms with Crippen LogP contribution in [0, 0.1) is 24.5 Å². The summed E-state index contributed by atoms with van der Waals surface area (Å²) in [6.07, 6.45) is 0. The molecule has 20 heavy (non-hydrogen) atoms. The fraction of sp³-hybridized carbons (Fsp3) is 0.333. The Hall–Kier alpha value is -2.38. The smallest absolute Gasteiger partial charge is 0.308 e. The van der Waals surface area contributed by atoms with E-state index in [1.54, 1.807) is 0 Å². The van der Waals surface area contributed by atoms with Gasteiger partial charge < -0.3 is 5.11 Å². The Labute approximate surface area is 113 Å². The third-order valence-corrected chi connectivity index (χ3v) is 2.89. The van der Waals surface area contributed by atoms with Crippen LogP contribution >= 0.6 is 0 Å². The highest BCUT2D eigenvalue weighted by Crippen LogP contribution is 2.23. The van der Waals surface area contributed by atoms with E-state index in [-0.39, 0.29) is 23.5 Å². The molecule has 8 heteroatoms. The number of tetrazole rings is 1. The number of rotatable bonds is 4. The number of aromatic nitrogens is 4. The monoisotopic (exact) mass is 282 g/mol. The fourth-order valence-corrected chi connectivity index (χ4v) is 1.69. The Morgan fingerprint density at radius 3 is 2.75 bits per heavy atom. The topological polar surface area (TPSA) is 80.9 Å². The van der Waals surface area contributed by atoms with Crippen molar-refractivity contribution in [1.82, 2.24) is 20.2 Å². The van der Waals surface area contributed by atoms with Crippen molar-refractivity contribution >= 4 is 5.97 Å². The first-order chi connectivity index (χ1) is 9.40. The van der Waals surface area contributed by atoms with Gasteiger partial charge >= 0.3 is 5.97 Å². The van der Waals surface area contributed by atoms with Crippen LogP contribution in [0.2, 0.25) is 0 Å². The number of carbonyl (C=O) groups is 1.